The Morgan fingerprint density at radius 1 is 1.12 bits per heavy atom. The second-order valence-corrected chi connectivity index (χ2v) is 6.79. The van der Waals surface area contributed by atoms with E-state index in [0.717, 1.165) is 12.4 Å². The van der Waals surface area contributed by atoms with Crippen LogP contribution in [0, 0.1) is 5.82 Å². The number of hydrogen-bond donors (Lipinski definition) is 1. The first-order valence-electron chi connectivity index (χ1n) is 8.40. The van der Waals surface area contributed by atoms with Crippen LogP contribution < -0.4 is 5.32 Å². The number of halogens is 1. The van der Waals surface area contributed by atoms with Crippen molar-refractivity contribution >= 4 is 17.7 Å². The zero-order chi connectivity index (χ0) is 18.2. The summed E-state index contributed by atoms with van der Waals surface area (Å²) in [5, 5.41) is 2.87. The molecule has 0 aliphatic rings. The van der Waals surface area contributed by atoms with Crippen molar-refractivity contribution in [1.29, 1.82) is 0 Å². The van der Waals surface area contributed by atoms with Gasteiger partial charge in [-0.05, 0) is 17.7 Å². The molecule has 0 atom stereocenters. The molecular formula is C20H20FN3OS. The molecule has 0 bridgehead atoms. The number of aromatic nitrogens is 2. The molecule has 1 N–H and O–H groups in total. The Labute approximate surface area is 156 Å². The summed E-state index contributed by atoms with van der Waals surface area (Å²) in [4.78, 5) is 16.8. The third-order valence-corrected chi connectivity index (χ3v) is 4.91. The van der Waals surface area contributed by atoms with Gasteiger partial charge in [-0.1, -0.05) is 42.5 Å². The van der Waals surface area contributed by atoms with Crippen molar-refractivity contribution in [2.75, 3.05) is 12.3 Å². The van der Waals surface area contributed by atoms with Crippen LogP contribution in [-0.4, -0.2) is 27.8 Å². The lowest BCUT2D eigenvalue weighted by Crippen LogP contribution is -2.28. The Bertz CT molecular complexity index is 851. The average Bonchev–Trinajstić information content (AvgIpc) is 3.09. The van der Waals surface area contributed by atoms with Gasteiger partial charge in [-0.3, -0.25) is 4.79 Å². The molecule has 3 aromatic rings. The molecule has 4 nitrogen and oxygen atoms in total. The Morgan fingerprint density at radius 3 is 2.69 bits per heavy atom. The summed E-state index contributed by atoms with van der Waals surface area (Å²) in [6.07, 6.45) is 4.36. The third-order valence-electron chi connectivity index (χ3n) is 3.86. The Kier molecular flexibility index (Phi) is 6.44. The van der Waals surface area contributed by atoms with E-state index in [1.807, 2.05) is 24.4 Å². The van der Waals surface area contributed by atoms with Gasteiger partial charge < -0.3 is 9.88 Å². The summed E-state index contributed by atoms with van der Waals surface area (Å²) in [5.74, 6) is 0.711. The van der Waals surface area contributed by atoms with E-state index >= 15 is 0 Å². The molecule has 2 aromatic carbocycles. The zero-order valence-corrected chi connectivity index (χ0v) is 15.1. The molecule has 26 heavy (non-hydrogen) atoms. The van der Waals surface area contributed by atoms with Crippen LogP contribution in [0.15, 0.2) is 71.9 Å². The number of rotatable bonds is 8. The van der Waals surface area contributed by atoms with Crippen LogP contribution in [0.3, 0.4) is 0 Å². The smallest absolute Gasteiger partial charge is 0.230 e. The number of hydrogen-bond acceptors (Lipinski definition) is 3. The lowest BCUT2D eigenvalue weighted by molar-refractivity contribution is -0.118. The van der Waals surface area contributed by atoms with Gasteiger partial charge in [0.05, 0.1) is 5.75 Å². The molecule has 134 valence electrons. The van der Waals surface area contributed by atoms with Crippen molar-refractivity contribution < 1.29 is 9.18 Å². The van der Waals surface area contributed by atoms with E-state index in [-0.39, 0.29) is 17.5 Å². The van der Waals surface area contributed by atoms with E-state index < -0.39 is 0 Å². The molecule has 1 aromatic heterocycles. The fraction of sp³-hybridized carbons (Fsp3) is 0.200. The first-order valence-corrected chi connectivity index (χ1v) is 9.39. The van der Waals surface area contributed by atoms with Gasteiger partial charge in [0.1, 0.15) is 11.6 Å². The van der Waals surface area contributed by atoms with Crippen molar-refractivity contribution in [3.63, 3.8) is 0 Å². The molecule has 3 rings (SSSR count). The van der Waals surface area contributed by atoms with Crippen molar-refractivity contribution in [2.45, 2.75) is 17.9 Å². The average molecular weight is 369 g/mol. The van der Waals surface area contributed by atoms with Crippen molar-refractivity contribution in [3.8, 4) is 0 Å². The topological polar surface area (TPSA) is 46.9 Å². The third kappa shape index (κ3) is 5.20. The van der Waals surface area contributed by atoms with Crippen molar-refractivity contribution in [3.05, 3.63) is 84.2 Å². The highest BCUT2D eigenvalue weighted by atomic mass is 32.2. The van der Waals surface area contributed by atoms with Gasteiger partial charge in [-0.2, -0.15) is 0 Å². The molecule has 0 radical (unpaired) electrons. The number of nitrogens with zero attached hydrogens (tertiary/aromatic N) is 2. The SMILES string of the molecule is O=C(CSc1ccccc1F)NCCc1nccn1Cc1ccccc1. The summed E-state index contributed by atoms with van der Waals surface area (Å²) >= 11 is 1.20. The van der Waals surface area contributed by atoms with Crippen LogP contribution >= 0.6 is 11.8 Å². The van der Waals surface area contributed by atoms with Gasteiger partial charge in [0.25, 0.3) is 0 Å². The molecular weight excluding hydrogens is 349 g/mol. The van der Waals surface area contributed by atoms with Crippen LogP contribution in [0.25, 0.3) is 0 Å². The number of nitrogens with one attached hydrogen (secondary N) is 1. The first-order chi connectivity index (χ1) is 12.7. The zero-order valence-electron chi connectivity index (χ0n) is 14.3. The van der Waals surface area contributed by atoms with Gasteiger partial charge in [0.15, 0.2) is 0 Å². The maximum absolute atomic E-state index is 13.5. The Morgan fingerprint density at radius 2 is 1.88 bits per heavy atom. The quantitative estimate of drug-likeness (QED) is 0.618. The molecule has 6 heteroatoms. The lowest BCUT2D eigenvalue weighted by Gasteiger charge is -2.09. The normalized spacial score (nSPS) is 10.7. The minimum absolute atomic E-state index is 0.112. The largest absolute Gasteiger partial charge is 0.355 e. The van der Waals surface area contributed by atoms with E-state index in [9.17, 15) is 9.18 Å². The summed E-state index contributed by atoms with van der Waals surface area (Å²) in [7, 11) is 0. The number of thioether (sulfide) groups is 1. The second-order valence-electron chi connectivity index (χ2n) is 5.78. The standard InChI is InChI=1S/C20H20FN3OS/c21-17-8-4-5-9-18(17)26-15-20(25)23-11-10-19-22-12-13-24(19)14-16-6-2-1-3-7-16/h1-9,12-13H,10-11,14-15H2,(H,23,25). The lowest BCUT2D eigenvalue weighted by atomic mass is 10.2. The van der Waals surface area contributed by atoms with E-state index in [4.69, 9.17) is 0 Å². The van der Waals surface area contributed by atoms with Crippen LogP contribution in [-0.2, 0) is 17.8 Å². The molecule has 1 amide bonds. The van der Waals surface area contributed by atoms with Gasteiger partial charge in [0, 0.05) is 36.8 Å². The molecule has 0 fully saturated rings. The minimum Gasteiger partial charge on any atom is -0.355 e. The number of carbonyl (C=O) groups excluding carboxylic acids is 1. The summed E-state index contributed by atoms with van der Waals surface area (Å²) < 4.78 is 15.6. The Hall–Kier alpha value is -2.60. The van der Waals surface area contributed by atoms with Crippen molar-refractivity contribution in [2.24, 2.45) is 0 Å². The van der Waals surface area contributed by atoms with Gasteiger partial charge in [-0.25, -0.2) is 9.37 Å². The summed E-state index contributed by atoms with van der Waals surface area (Å²) in [6.45, 7) is 1.26. The Balaban J connectivity index is 1.44. The molecule has 0 spiro atoms. The molecule has 0 saturated carbocycles. The molecule has 0 unspecified atom stereocenters. The molecule has 0 aliphatic heterocycles. The van der Waals surface area contributed by atoms with Crippen LogP contribution in [0.4, 0.5) is 4.39 Å². The number of imidazole rings is 1. The van der Waals surface area contributed by atoms with Crippen LogP contribution in [0.1, 0.15) is 11.4 Å². The van der Waals surface area contributed by atoms with E-state index in [1.54, 1.807) is 24.4 Å². The number of amides is 1. The first kappa shape index (κ1) is 18.2. The minimum atomic E-state index is -0.298. The van der Waals surface area contributed by atoms with Gasteiger partial charge in [-0.15, -0.1) is 11.8 Å². The highest BCUT2D eigenvalue weighted by Gasteiger charge is 2.08. The maximum Gasteiger partial charge on any atom is 0.230 e. The second kappa shape index (κ2) is 9.20. The predicted octanol–water partition coefficient (Wildman–Crippen LogP) is 3.52. The number of carbonyl (C=O) groups is 1. The molecule has 1 heterocycles. The van der Waals surface area contributed by atoms with Crippen LogP contribution in [0.5, 0.6) is 0 Å². The molecule has 0 aliphatic carbocycles. The highest BCUT2D eigenvalue weighted by molar-refractivity contribution is 8.00. The van der Waals surface area contributed by atoms with E-state index in [0.29, 0.717) is 17.9 Å². The fourth-order valence-corrected chi connectivity index (χ4v) is 3.33. The van der Waals surface area contributed by atoms with Crippen molar-refractivity contribution in [1.82, 2.24) is 14.9 Å². The van der Waals surface area contributed by atoms with E-state index in [1.165, 1.54) is 23.4 Å². The van der Waals surface area contributed by atoms with E-state index in [2.05, 4.69) is 27.0 Å². The van der Waals surface area contributed by atoms with Gasteiger partial charge >= 0.3 is 0 Å². The summed E-state index contributed by atoms with van der Waals surface area (Å²) in [5.41, 5.74) is 1.21. The maximum atomic E-state index is 13.5. The summed E-state index contributed by atoms with van der Waals surface area (Å²) in [6, 6.07) is 16.6. The van der Waals surface area contributed by atoms with Crippen LogP contribution in [0.2, 0.25) is 0 Å². The van der Waals surface area contributed by atoms with Gasteiger partial charge in [0.2, 0.25) is 5.91 Å². The highest BCUT2D eigenvalue weighted by Crippen LogP contribution is 2.20. The monoisotopic (exact) mass is 369 g/mol. The number of benzene rings is 2. The fourth-order valence-electron chi connectivity index (χ4n) is 2.56. The predicted molar refractivity (Wildman–Crippen MR) is 102 cm³/mol. The molecule has 0 saturated heterocycles.